The summed E-state index contributed by atoms with van der Waals surface area (Å²) >= 11 is 0. The average molecular weight is 378 g/mol. The summed E-state index contributed by atoms with van der Waals surface area (Å²) < 4.78 is 46.3. The standard InChI is InChI=1S/C22H13F3N2O/c23-22(24,25)20-10-9-19(13-16(20)14-26)28-18-7-5-17(6-8-18)27-12-11-15-3-1-2-4-21(15)27/h1-13H. The zero-order valence-electron chi connectivity index (χ0n) is 14.4. The van der Waals surface area contributed by atoms with Crippen LogP contribution in [0.25, 0.3) is 16.6 Å². The first-order valence-electron chi connectivity index (χ1n) is 8.41. The molecule has 0 N–H and O–H groups in total. The van der Waals surface area contributed by atoms with Crippen LogP contribution in [-0.4, -0.2) is 4.57 Å². The molecule has 1 heterocycles. The van der Waals surface area contributed by atoms with Crippen molar-refractivity contribution in [3.63, 3.8) is 0 Å². The van der Waals surface area contributed by atoms with Crippen LogP contribution in [0, 0.1) is 11.3 Å². The Kier molecular flexibility index (Phi) is 4.28. The van der Waals surface area contributed by atoms with Crippen molar-refractivity contribution in [2.45, 2.75) is 6.18 Å². The van der Waals surface area contributed by atoms with Crippen molar-refractivity contribution in [3.8, 4) is 23.3 Å². The van der Waals surface area contributed by atoms with E-state index in [4.69, 9.17) is 10.00 Å². The first-order chi connectivity index (χ1) is 13.5. The molecule has 0 spiro atoms. The lowest BCUT2D eigenvalue weighted by Crippen LogP contribution is -2.07. The third-order valence-electron chi connectivity index (χ3n) is 4.37. The second kappa shape index (κ2) is 6.78. The Balaban J connectivity index is 1.59. The summed E-state index contributed by atoms with van der Waals surface area (Å²) in [6.45, 7) is 0. The minimum absolute atomic E-state index is 0.170. The predicted molar refractivity (Wildman–Crippen MR) is 99.5 cm³/mol. The van der Waals surface area contributed by atoms with Gasteiger partial charge in [-0.1, -0.05) is 18.2 Å². The van der Waals surface area contributed by atoms with E-state index in [0.717, 1.165) is 28.7 Å². The van der Waals surface area contributed by atoms with E-state index in [1.165, 1.54) is 6.07 Å². The van der Waals surface area contributed by atoms with E-state index in [1.807, 2.05) is 53.2 Å². The van der Waals surface area contributed by atoms with E-state index in [-0.39, 0.29) is 5.75 Å². The summed E-state index contributed by atoms with van der Waals surface area (Å²) in [5.41, 5.74) is 0.550. The fourth-order valence-electron chi connectivity index (χ4n) is 3.05. The maximum atomic E-state index is 12.9. The Morgan fingerprint density at radius 3 is 2.29 bits per heavy atom. The van der Waals surface area contributed by atoms with Crippen LogP contribution in [0.5, 0.6) is 11.5 Å². The molecule has 4 rings (SSSR count). The molecular weight excluding hydrogens is 365 g/mol. The van der Waals surface area contributed by atoms with Gasteiger partial charge >= 0.3 is 6.18 Å². The summed E-state index contributed by atoms with van der Waals surface area (Å²) in [4.78, 5) is 0. The molecule has 0 aliphatic carbocycles. The van der Waals surface area contributed by atoms with Crippen molar-refractivity contribution in [2.24, 2.45) is 0 Å². The Morgan fingerprint density at radius 2 is 1.57 bits per heavy atom. The lowest BCUT2D eigenvalue weighted by Gasteiger charge is -2.12. The number of aromatic nitrogens is 1. The molecule has 138 valence electrons. The molecule has 3 nitrogen and oxygen atoms in total. The molecule has 0 saturated carbocycles. The molecule has 0 radical (unpaired) electrons. The molecule has 0 amide bonds. The van der Waals surface area contributed by atoms with E-state index in [1.54, 1.807) is 18.2 Å². The zero-order valence-corrected chi connectivity index (χ0v) is 14.4. The van der Waals surface area contributed by atoms with Crippen LogP contribution in [-0.2, 0) is 6.18 Å². The first kappa shape index (κ1) is 17.7. The molecule has 28 heavy (non-hydrogen) atoms. The number of alkyl halides is 3. The van der Waals surface area contributed by atoms with E-state index < -0.39 is 17.3 Å². The molecule has 0 aliphatic heterocycles. The topological polar surface area (TPSA) is 37.9 Å². The number of fused-ring (bicyclic) bond motifs is 1. The maximum absolute atomic E-state index is 12.9. The van der Waals surface area contributed by atoms with Crippen LogP contribution in [0.2, 0.25) is 0 Å². The van der Waals surface area contributed by atoms with E-state index in [9.17, 15) is 13.2 Å². The number of halogens is 3. The fraction of sp³-hybridized carbons (Fsp3) is 0.0455. The highest BCUT2D eigenvalue weighted by Gasteiger charge is 2.33. The van der Waals surface area contributed by atoms with Crippen LogP contribution in [0.4, 0.5) is 13.2 Å². The number of nitrogens with zero attached hydrogens (tertiary/aromatic N) is 2. The molecule has 0 saturated heterocycles. The van der Waals surface area contributed by atoms with Gasteiger partial charge in [0.1, 0.15) is 11.5 Å². The van der Waals surface area contributed by atoms with Crippen molar-refractivity contribution in [1.82, 2.24) is 4.57 Å². The van der Waals surface area contributed by atoms with Crippen molar-refractivity contribution in [2.75, 3.05) is 0 Å². The Bertz CT molecular complexity index is 1190. The average Bonchev–Trinajstić information content (AvgIpc) is 3.12. The Morgan fingerprint density at radius 1 is 0.857 bits per heavy atom. The number of rotatable bonds is 3. The summed E-state index contributed by atoms with van der Waals surface area (Å²) in [6.07, 6.45) is -2.61. The fourth-order valence-corrected chi connectivity index (χ4v) is 3.05. The number of hydrogen-bond donors (Lipinski definition) is 0. The van der Waals surface area contributed by atoms with Crippen LogP contribution in [0.3, 0.4) is 0 Å². The third kappa shape index (κ3) is 3.30. The van der Waals surface area contributed by atoms with E-state index in [0.29, 0.717) is 5.75 Å². The van der Waals surface area contributed by atoms with Crippen LogP contribution >= 0.6 is 0 Å². The molecule has 3 aromatic carbocycles. The Labute approximate surface area is 158 Å². The normalized spacial score (nSPS) is 11.4. The van der Waals surface area contributed by atoms with Crippen molar-refractivity contribution >= 4 is 10.9 Å². The van der Waals surface area contributed by atoms with Gasteiger partial charge in [0.2, 0.25) is 0 Å². The van der Waals surface area contributed by atoms with Crippen LogP contribution in [0.1, 0.15) is 11.1 Å². The number of para-hydroxylation sites is 1. The predicted octanol–water partition coefficient (Wildman–Crippen LogP) is 6.31. The highest BCUT2D eigenvalue weighted by molar-refractivity contribution is 5.81. The SMILES string of the molecule is N#Cc1cc(Oc2ccc(-n3ccc4ccccc43)cc2)ccc1C(F)(F)F. The molecule has 0 bridgehead atoms. The largest absolute Gasteiger partial charge is 0.457 e. The molecule has 0 unspecified atom stereocenters. The number of ether oxygens (including phenoxy) is 1. The second-order valence-corrected chi connectivity index (χ2v) is 6.16. The maximum Gasteiger partial charge on any atom is 0.417 e. The second-order valence-electron chi connectivity index (χ2n) is 6.16. The highest BCUT2D eigenvalue weighted by atomic mass is 19.4. The van der Waals surface area contributed by atoms with E-state index in [2.05, 4.69) is 0 Å². The molecule has 6 heteroatoms. The van der Waals surface area contributed by atoms with Gasteiger partial charge in [-0.2, -0.15) is 18.4 Å². The van der Waals surface area contributed by atoms with Gasteiger partial charge in [-0.05, 0) is 60.0 Å². The quantitative estimate of drug-likeness (QED) is 0.419. The smallest absolute Gasteiger partial charge is 0.417 e. The summed E-state index contributed by atoms with van der Waals surface area (Å²) in [6, 6.07) is 21.9. The lowest BCUT2D eigenvalue weighted by molar-refractivity contribution is -0.137. The van der Waals surface area contributed by atoms with E-state index >= 15 is 0 Å². The number of benzene rings is 3. The molecule has 0 fully saturated rings. The molecule has 0 aliphatic rings. The van der Waals surface area contributed by atoms with Gasteiger partial charge in [-0.15, -0.1) is 0 Å². The third-order valence-corrected chi connectivity index (χ3v) is 4.37. The zero-order chi connectivity index (χ0) is 19.7. The van der Waals surface area contributed by atoms with Crippen LogP contribution < -0.4 is 4.74 Å². The van der Waals surface area contributed by atoms with Crippen molar-refractivity contribution in [3.05, 3.63) is 90.1 Å². The van der Waals surface area contributed by atoms with Gasteiger partial charge < -0.3 is 9.30 Å². The van der Waals surface area contributed by atoms with Gasteiger partial charge in [-0.25, -0.2) is 0 Å². The molecule has 0 atom stereocenters. The minimum atomic E-state index is -4.58. The molecular formula is C22H13F3N2O. The van der Waals surface area contributed by atoms with Gasteiger partial charge in [0.15, 0.2) is 0 Å². The summed E-state index contributed by atoms with van der Waals surface area (Å²) in [5.74, 6) is 0.632. The molecule has 4 aromatic rings. The van der Waals surface area contributed by atoms with Crippen molar-refractivity contribution < 1.29 is 17.9 Å². The van der Waals surface area contributed by atoms with Crippen molar-refractivity contribution in [1.29, 1.82) is 5.26 Å². The first-order valence-corrected chi connectivity index (χ1v) is 8.41. The van der Waals surface area contributed by atoms with Gasteiger partial charge in [0.25, 0.3) is 0 Å². The Hall–Kier alpha value is -3.72. The monoisotopic (exact) mass is 378 g/mol. The summed E-state index contributed by atoms with van der Waals surface area (Å²) in [7, 11) is 0. The summed E-state index contributed by atoms with van der Waals surface area (Å²) in [5, 5.41) is 10.1. The highest BCUT2D eigenvalue weighted by Crippen LogP contribution is 2.34. The lowest BCUT2D eigenvalue weighted by atomic mass is 10.1. The minimum Gasteiger partial charge on any atom is -0.457 e. The van der Waals surface area contributed by atoms with Gasteiger partial charge in [-0.3, -0.25) is 0 Å². The number of nitriles is 1. The molecule has 1 aromatic heterocycles. The van der Waals surface area contributed by atoms with Crippen LogP contribution in [0.15, 0.2) is 79.0 Å². The van der Waals surface area contributed by atoms with Gasteiger partial charge in [0.05, 0.1) is 22.7 Å². The number of hydrogen-bond acceptors (Lipinski definition) is 2. The van der Waals surface area contributed by atoms with Gasteiger partial charge in [0, 0.05) is 11.9 Å².